The molecule has 0 aliphatic heterocycles. The largest absolute Gasteiger partial charge is 0.395 e. The number of unbranched alkanes of at least 4 members (excludes halogenated alkanes) is 6. The molecule has 0 saturated carbocycles. The Morgan fingerprint density at radius 2 is 1.56 bits per heavy atom. The number of aliphatic hydroxyl groups is 1. The van der Waals surface area contributed by atoms with Crippen LogP contribution in [0.3, 0.4) is 0 Å². The maximum atomic E-state index is 11.2. The molecule has 0 saturated heterocycles. The van der Waals surface area contributed by atoms with E-state index in [9.17, 15) is 4.79 Å². The molecule has 0 aromatic heterocycles. The second-order valence-corrected chi connectivity index (χ2v) is 6.48. The zero-order chi connectivity index (χ0) is 18.4. The number of carbonyl (C=O) groups is 1. The predicted molar refractivity (Wildman–Crippen MR) is 108 cm³/mol. The van der Waals surface area contributed by atoms with Crippen molar-refractivity contribution in [1.29, 1.82) is 0 Å². The molecule has 0 aliphatic carbocycles. The highest BCUT2D eigenvalue weighted by molar-refractivity contribution is 8.00. The molecule has 0 aliphatic rings. The summed E-state index contributed by atoms with van der Waals surface area (Å²) in [5.41, 5.74) is 0. The van der Waals surface area contributed by atoms with Gasteiger partial charge in [0.15, 0.2) is 0 Å². The quantitative estimate of drug-likeness (QED) is 0.438. The molecule has 25 heavy (non-hydrogen) atoms. The molecule has 0 unspecified atom stereocenters. The summed E-state index contributed by atoms with van der Waals surface area (Å²) >= 11 is 1.46. The van der Waals surface area contributed by atoms with E-state index in [0.29, 0.717) is 30.9 Å². The van der Waals surface area contributed by atoms with Crippen molar-refractivity contribution in [2.75, 3.05) is 24.7 Å². The van der Waals surface area contributed by atoms with E-state index in [-0.39, 0.29) is 12.5 Å². The standard InChI is InChI=1S/C21H31NO2S/c1-2-3-4-5-6-7-8-9-10-11-12-13-14-15-16-19-25-20-21(24)22-17-18-23/h23H,2-8,11,14,17-20H2,1H3,(H,22,24). The molecule has 0 fully saturated rings. The maximum absolute atomic E-state index is 11.2. The molecule has 0 spiro atoms. The van der Waals surface area contributed by atoms with Gasteiger partial charge >= 0.3 is 0 Å². The van der Waals surface area contributed by atoms with Crippen molar-refractivity contribution >= 4 is 17.7 Å². The first kappa shape index (κ1) is 23.5. The van der Waals surface area contributed by atoms with Crippen molar-refractivity contribution in [1.82, 2.24) is 5.32 Å². The molecule has 2 N–H and O–H groups in total. The van der Waals surface area contributed by atoms with E-state index < -0.39 is 0 Å². The molecule has 0 radical (unpaired) electrons. The maximum Gasteiger partial charge on any atom is 0.230 e. The Hall–Kier alpha value is -1.54. The van der Waals surface area contributed by atoms with Gasteiger partial charge in [0.1, 0.15) is 0 Å². The third-order valence-electron chi connectivity index (χ3n) is 3.23. The lowest BCUT2D eigenvalue weighted by Gasteiger charge is -2.00. The van der Waals surface area contributed by atoms with Crippen molar-refractivity contribution in [2.24, 2.45) is 0 Å². The molecule has 0 aromatic carbocycles. The summed E-state index contributed by atoms with van der Waals surface area (Å²) < 4.78 is 0. The fourth-order valence-electron chi connectivity index (χ4n) is 1.91. The van der Waals surface area contributed by atoms with Gasteiger partial charge in [0.25, 0.3) is 0 Å². The van der Waals surface area contributed by atoms with Crippen LogP contribution in [0.5, 0.6) is 0 Å². The summed E-state index contributed by atoms with van der Waals surface area (Å²) in [4.78, 5) is 11.2. The Bertz CT molecular complexity index is 511. The third kappa shape index (κ3) is 20.4. The number of hydrogen-bond acceptors (Lipinski definition) is 3. The van der Waals surface area contributed by atoms with Crippen molar-refractivity contribution < 1.29 is 9.90 Å². The molecule has 0 rings (SSSR count). The van der Waals surface area contributed by atoms with Crippen LogP contribution in [0.25, 0.3) is 0 Å². The molecular formula is C21H31NO2S. The molecule has 0 atom stereocenters. The van der Waals surface area contributed by atoms with Gasteiger partial charge in [-0.1, -0.05) is 68.6 Å². The van der Waals surface area contributed by atoms with Crippen LogP contribution in [-0.4, -0.2) is 35.7 Å². The Kier molecular flexibility index (Phi) is 19.2. The fraction of sp³-hybridized carbons (Fsp3) is 0.667. The Morgan fingerprint density at radius 1 is 0.920 bits per heavy atom. The number of amides is 1. The van der Waals surface area contributed by atoms with Crippen molar-refractivity contribution in [2.45, 2.75) is 64.7 Å². The third-order valence-corrected chi connectivity index (χ3v) is 4.04. The summed E-state index contributed by atoms with van der Waals surface area (Å²) in [6.45, 7) is 2.51. The van der Waals surface area contributed by atoms with Crippen LogP contribution < -0.4 is 5.32 Å². The van der Waals surface area contributed by atoms with Crippen LogP contribution >= 0.6 is 11.8 Å². The Morgan fingerprint density at radius 3 is 2.28 bits per heavy atom. The minimum Gasteiger partial charge on any atom is -0.395 e. The molecule has 3 nitrogen and oxygen atoms in total. The molecule has 0 bridgehead atoms. The number of nitrogens with one attached hydrogen (secondary N) is 1. The first-order valence-electron chi connectivity index (χ1n) is 9.13. The number of thioether (sulfide) groups is 1. The fourth-order valence-corrected chi connectivity index (χ4v) is 2.51. The second kappa shape index (κ2) is 20.5. The highest BCUT2D eigenvalue weighted by Crippen LogP contribution is 2.06. The van der Waals surface area contributed by atoms with E-state index in [0.717, 1.165) is 6.42 Å². The Balaban J connectivity index is 3.48. The normalized spacial score (nSPS) is 9.04. The first-order chi connectivity index (χ1) is 12.3. The van der Waals surface area contributed by atoms with Crippen LogP contribution in [0.15, 0.2) is 0 Å². The SMILES string of the molecule is CCCCCCCCC#CCC#CCC#CCSCC(=O)NCCO. The van der Waals surface area contributed by atoms with Crippen LogP contribution in [0.2, 0.25) is 0 Å². The van der Waals surface area contributed by atoms with Crippen molar-refractivity contribution in [3.63, 3.8) is 0 Å². The summed E-state index contributed by atoms with van der Waals surface area (Å²) in [6.07, 6.45) is 9.98. The van der Waals surface area contributed by atoms with Crippen LogP contribution in [0.4, 0.5) is 0 Å². The van der Waals surface area contributed by atoms with Gasteiger partial charge in [-0.3, -0.25) is 4.79 Å². The average molecular weight is 362 g/mol. The van der Waals surface area contributed by atoms with Crippen molar-refractivity contribution in [3.05, 3.63) is 0 Å². The summed E-state index contributed by atoms with van der Waals surface area (Å²) in [6, 6.07) is 0. The minimum atomic E-state index is -0.0693. The average Bonchev–Trinajstić information content (AvgIpc) is 2.62. The summed E-state index contributed by atoms with van der Waals surface area (Å²) in [5, 5.41) is 11.2. The lowest BCUT2D eigenvalue weighted by atomic mass is 10.1. The summed E-state index contributed by atoms with van der Waals surface area (Å²) in [7, 11) is 0. The lowest BCUT2D eigenvalue weighted by Crippen LogP contribution is -2.27. The van der Waals surface area contributed by atoms with Gasteiger partial charge in [-0.15, -0.1) is 17.7 Å². The van der Waals surface area contributed by atoms with Crippen LogP contribution in [0.1, 0.15) is 64.7 Å². The topological polar surface area (TPSA) is 49.3 Å². The van der Waals surface area contributed by atoms with Gasteiger partial charge < -0.3 is 10.4 Å². The smallest absolute Gasteiger partial charge is 0.230 e. The number of hydrogen-bond donors (Lipinski definition) is 2. The molecule has 138 valence electrons. The molecule has 1 amide bonds. The van der Waals surface area contributed by atoms with Gasteiger partial charge in [0.2, 0.25) is 5.91 Å². The van der Waals surface area contributed by atoms with Gasteiger partial charge in [-0.05, 0) is 6.42 Å². The van der Waals surface area contributed by atoms with Crippen molar-refractivity contribution in [3.8, 4) is 35.5 Å². The first-order valence-corrected chi connectivity index (χ1v) is 10.3. The number of aliphatic hydroxyl groups excluding tert-OH is 1. The highest BCUT2D eigenvalue weighted by atomic mass is 32.2. The van der Waals surface area contributed by atoms with Gasteiger partial charge in [0, 0.05) is 13.0 Å². The van der Waals surface area contributed by atoms with Gasteiger partial charge in [-0.2, -0.15) is 0 Å². The molecule has 0 aromatic rings. The highest BCUT2D eigenvalue weighted by Gasteiger charge is 1.97. The zero-order valence-electron chi connectivity index (χ0n) is 15.5. The van der Waals surface area contributed by atoms with E-state index in [1.807, 2.05) is 0 Å². The van der Waals surface area contributed by atoms with E-state index in [2.05, 4.69) is 47.8 Å². The molecule has 4 heteroatoms. The second-order valence-electron chi connectivity index (χ2n) is 5.50. The van der Waals surface area contributed by atoms with Crippen LogP contribution in [0, 0.1) is 35.5 Å². The lowest BCUT2D eigenvalue weighted by molar-refractivity contribution is -0.118. The van der Waals surface area contributed by atoms with E-state index in [1.165, 1.54) is 50.3 Å². The van der Waals surface area contributed by atoms with E-state index >= 15 is 0 Å². The Labute approximate surface area is 158 Å². The monoisotopic (exact) mass is 361 g/mol. The summed E-state index contributed by atoms with van der Waals surface area (Å²) in [5.74, 6) is 19.1. The number of rotatable bonds is 11. The van der Waals surface area contributed by atoms with Gasteiger partial charge in [-0.25, -0.2) is 0 Å². The van der Waals surface area contributed by atoms with Gasteiger partial charge in [0.05, 0.1) is 31.0 Å². The molecular weight excluding hydrogens is 330 g/mol. The molecule has 0 heterocycles. The van der Waals surface area contributed by atoms with Crippen LogP contribution in [-0.2, 0) is 4.79 Å². The minimum absolute atomic E-state index is 0.0295. The number of carbonyl (C=O) groups excluding carboxylic acids is 1. The van der Waals surface area contributed by atoms with E-state index in [4.69, 9.17) is 5.11 Å². The zero-order valence-corrected chi connectivity index (χ0v) is 16.3. The predicted octanol–water partition coefficient (Wildman–Crippen LogP) is 3.37. The van der Waals surface area contributed by atoms with E-state index in [1.54, 1.807) is 0 Å².